The quantitative estimate of drug-likeness (QED) is 0.148. The van der Waals surface area contributed by atoms with Crippen molar-refractivity contribution < 1.29 is 33.8 Å². The molecule has 176 valence electrons. The van der Waals surface area contributed by atoms with Crippen LogP contribution < -0.4 is 9.47 Å². The van der Waals surface area contributed by atoms with Crippen LogP contribution in [0.4, 0.5) is 0 Å². The van der Waals surface area contributed by atoms with Gasteiger partial charge in [0.15, 0.2) is 12.3 Å². The zero-order valence-electron chi connectivity index (χ0n) is 20.0. The maximum Gasteiger partial charge on any atom is 0.367 e. The lowest BCUT2D eigenvalue weighted by molar-refractivity contribution is -0.862. The Kier molecular flexibility index (Phi) is 8.43. The van der Waals surface area contributed by atoms with E-state index in [0.29, 0.717) is 15.8 Å². The van der Waals surface area contributed by atoms with Gasteiger partial charge in [-0.3, -0.25) is 4.79 Å². The molecule has 0 saturated heterocycles. The summed E-state index contributed by atoms with van der Waals surface area (Å²) in [5.74, 6) is -0.754. The molecule has 0 aliphatic heterocycles. The number of phenols is 2. The molecule has 7 nitrogen and oxygen atoms in total. The first kappa shape index (κ1) is 25.7. The predicted molar refractivity (Wildman–Crippen MR) is 128 cm³/mol. The molecule has 2 aromatic rings. The van der Waals surface area contributed by atoms with E-state index in [1.165, 1.54) is 19.3 Å². The fraction of sp³-hybridized carbons (Fsp3) is 0.308. The van der Waals surface area contributed by atoms with Gasteiger partial charge in [0.05, 0.1) is 28.3 Å². The Hall–Kier alpha value is -3.58. The normalized spacial score (nSPS) is 11.3. The van der Waals surface area contributed by atoms with Crippen molar-refractivity contribution in [2.75, 3.05) is 34.8 Å². The van der Waals surface area contributed by atoms with E-state index in [1.54, 1.807) is 30.3 Å². The molecule has 33 heavy (non-hydrogen) atoms. The van der Waals surface area contributed by atoms with Crippen molar-refractivity contribution in [3.8, 4) is 23.0 Å². The molecular formula is C26H32NO6+. The highest BCUT2D eigenvalue weighted by Gasteiger charge is 2.22. The number of rotatable bonds is 9. The molecular weight excluding hydrogens is 422 g/mol. The molecule has 2 rings (SSSR count). The van der Waals surface area contributed by atoms with Gasteiger partial charge in [-0.05, 0) is 44.0 Å². The number of carbonyl (C=O) groups is 2. The highest BCUT2D eigenvalue weighted by atomic mass is 16.5. The number of allylic oxidation sites excluding steroid dienone is 3. The van der Waals surface area contributed by atoms with Crippen LogP contribution in [0.5, 0.6) is 23.0 Å². The topological polar surface area (TPSA) is 93.1 Å². The van der Waals surface area contributed by atoms with Gasteiger partial charge in [-0.15, -0.1) is 0 Å². The monoisotopic (exact) mass is 454 g/mol. The lowest BCUT2D eigenvalue weighted by Crippen LogP contribution is -2.41. The predicted octanol–water partition coefficient (Wildman–Crippen LogP) is 4.12. The largest absolute Gasteiger partial charge is 0.507 e. The summed E-state index contributed by atoms with van der Waals surface area (Å²) in [4.78, 5) is 24.8. The molecule has 0 spiro atoms. The van der Waals surface area contributed by atoms with Gasteiger partial charge in [-0.1, -0.05) is 29.9 Å². The summed E-state index contributed by atoms with van der Waals surface area (Å²) < 4.78 is 11.0. The summed E-state index contributed by atoms with van der Waals surface area (Å²) in [5, 5.41) is 20.9. The second-order valence-electron chi connectivity index (χ2n) is 8.97. The molecule has 0 amide bonds. The molecule has 0 aliphatic carbocycles. The fourth-order valence-corrected chi connectivity index (χ4v) is 3.03. The number of benzene rings is 2. The fourth-order valence-electron chi connectivity index (χ4n) is 3.03. The average molecular weight is 455 g/mol. The van der Waals surface area contributed by atoms with Crippen molar-refractivity contribution in [1.82, 2.24) is 0 Å². The smallest absolute Gasteiger partial charge is 0.367 e. The zero-order chi connectivity index (χ0) is 24.8. The molecule has 0 unspecified atom stereocenters. The Labute approximate surface area is 194 Å². The first-order chi connectivity index (χ1) is 15.4. The van der Waals surface area contributed by atoms with Gasteiger partial charge in [-0.2, -0.15) is 0 Å². The molecule has 0 bridgehead atoms. The van der Waals surface area contributed by atoms with Crippen LogP contribution in [0.15, 0.2) is 48.1 Å². The second kappa shape index (κ2) is 10.8. The Morgan fingerprint density at radius 1 is 1.06 bits per heavy atom. The number of methoxy groups -OCH3 is 1. The summed E-state index contributed by atoms with van der Waals surface area (Å²) >= 11 is 0. The molecule has 0 radical (unpaired) electrons. The third-order valence-corrected chi connectivity index (χ3v) is 4.67. The van der Waals surface area contributed by atoms with E-state index in [4.69, 9.17) is 9.47 Å². The van der Waals surface area contributed by atoms with E-state index in [2.05, 4.69) is 0 Å². The van der Waals surface area contributed by atoms with E-state index in [0.717, 1.165) is 5.57 Å². The van der Waals surface area contributed by atoms with Crippen LogP contribution in [0.25, 0.3) is 6.08 Å². The third kappa shape index (κ3) is 7.50. The van der Waals surface area contributed by atoms with Gasteiger partial charge in [0.25, 0.3) is 0 Å². The van der Waals surface area contributed by atoms with Crippen molar-refractivity contribution in [3.63, 3.8) is 0 Å². The Bertz CT molecular complexity index is 1070. The number of nitrogens with zero attached hydrogens (tertiary/aromatic N) is 1. The molecule has 7 heteroatoms. The lowest BCUT2D eigenvalue weighted by atomic mass is 9.99. The van der Waals surface area contributed by atoms with Gasteiger partial charge < -0.3 is 24.2 Å². The van der Waals surface area contributed by atoms with Crippen LogP contribution in [-0.4, -0.2) is 61.2 Å². The second-order valence-corrected chi connectivity index (χ2v) is 8.97. The number of aromatic hydroxyl groups is 2. The summed E-state index contributed by atoms with van der Waals surface area (Å²) in [7, 11) is 7.07. The minimum atomic E-state index is -0.471. The summed E-state index contributed by atoms with van der Waals surface area (Å²) in [6.07, 6.45) is 5.03. The van der Waals surface area contributed by atoms with Crippen LogP contribution in [0, 0.1) is 0 Å². The summed E-state index contributed by atoms with van der Waals surface area (Å²) in [5.41, 5.74) is 1.96. The zero-order valence-corrected chi connectivity index (χ0v) is 20.0. The molecule has 0 fully saturated rings. The van der Waals surface area contributed by atoms with E-state index in [9.17, 15) is 19.8 Å². The number of quaternary nitrogens is 1. The van der Waals surface area contributed by atoms with Gasteiger partial charge in [0, 0.05) is 11.6 Å². The number of hydrogen-bond acceptors (Lipinski definition) is 6. The number of hydrogen-bond donors (Lipinski definition) is 2. The first-order valence-corrected chi connectivity index (χ1v) is 10.5. The van der Waals surface area contributed by atoms with E-state index >= 15 is 0 Å². The molecule has 2 aromatic carbocycles. The number of esters is 1. The number of carbonyl (C=O) groups excluding carboxylic acids is 2. The number of ether oxygens (including phenoxy) is 2. The van der Waals surface area contributed by atoms with Crippen LogP contribution in [0.1, 0.15) is 35.3 Å². The SMILES string of the molecule is COc1cc(O)c(CC=C(C)C)c(O)c1C(=O)/C=C/c1ccc(OC(=O)C[N+](C)(C)C)cc1. The Morgan fingerprint density at radius 2 is 1.70 bits per heavy atom. The third-order valence-electron chi connectivity index (χ3n) is 4.67. The van der Waals surface area contributed by atoms with E-state index < -0.39 is 5.78 Å². The molecule has 0 aliphatic rings. The van der Waals surface area contributed by atoms with Gasteiger partial charge in [0.2, 0.25) is 0 Å². The van der Waals surface area contributed by atoms with Crippen molar-refractivity contribution in [2.45, 2.75) is 20.3 Å². The minimum Gasteiger partial charge on any atom is -0.507 e. The van der Waals surface area contributed by atoms with Crippen molar-refractivity contribution in [1.29, 1.82) is 0 Å². The van der Waals surface area contributed by atoms with Crippen LogP contribution >= 0.6 is 0 Å². The molecule has 0 aromatic heterocycles. The molecule has 0 heterocycles. The molecule has 2 N–H and O–H groups in total. The standard InChI is InChI=1S/C26H31NO6/c1-17(2)7-13-20-22(29)15-23(32-6)25(26(20)31)21(28)14-10-18-8-11-19(12-9-18)33-24(30)16-27(3,4)5/h7-12,14-15H,13,16H2,1-6H3,(H-,28,29,31)/p+1/b14-10+. The maximum absolute atomic E-state index is 12.9. The van der Waals surface area contributed by atoms with Crippen LogP contribution in [0.2, 0.25) is 0 Å². The highest BCUT2D eigenvalue weighted by molar-refractivity contribution is 6.11. The van der Waals surface area contributed by atoms with Gasteiger partial charge >= 0.3 is 5.97 Å². The van der Waals surface area contributed by atoms with Crippen molar-refractivity contribution >= 4 is 17.8 Å². The minimum absolute atomic E-state index is 0.0189. The average Bonchev–Trinajstić information content (AvgIpc) is 2.70. The van der Waals surface area contributed by atoms with Crippen molar-refractivity contribution in [3.05, 3.63) is 64.7 Å². The summed E-state index contributed by atoms with van der Waals surface area (Å²) in [6, 6.07) is 8.05. The van der Waals surface area contributed by atoms with E-state index in [-0.39, 0.29) is 47.3 Å². The number of likely N-dealkylation sites (N-methyl/N-ethyl adjacent to an activating group) is 1. The highest BCUT2D eigenvalue weighted by Crippen LogP contribution is 2.39. The number of ketones is 1. The first-order valence-electron chi connectivity index (χ1n) is 10.5. The van der Waals surface area contributed by atoms with Crippen LogP contribution in [0.3, 0.4) is 0 Å². The van der Waals surface area contributed by atoms with Gasteiger partial charge in [-0.25, -0.2) is 4.79 Å². The summed E-state index contributed by atoms with van der Waals surface area (Å²) in [6.45, 7) is 4.05. The molecule has 0 atom stereocenters. The Balaban J connectivity index is 2.22. The Morgan fingerprint density at radius 3 is 2.24 bits per heavy atom. The maximum atomic E-state index is 12.9. The lowest BCUT2D eigenvalue weighted by Gasteiger charge is -2.22. The van der Waals surface area contributed by atoms with Crippen LogP contribution in [-0.2, 0) is 11.2 Å². The van der Waals surface area contributed by atoms with Crippen molar-refractivity contribution in [2.24, 2.45) is 0 Å². The number of phenolic OH excluding ortho intramolecular Hbond substituents is 2. The van der Waals surface area contributed by atoms with E-state index in [1.807, 2.05) is 41.1 Å². The van der Waals surface area contributed by atoms with Gasteiger partial charge in [0.1, 0.15) is 28.6 Å². The molecule has 0 saturated carbocycles.